The van der Waals surface area contributed by atoms with Crippen LogP contribution in [0, 0.1) is 0 Å². The van der Waals surface area contributed by atoms with Gasteiger partial charge >= 0.3 is 0 Å². The minimum Gasteiger partial charge on any atom is -0.211 e. The summed E-state index contributed by atoms with van der Waals surface area (Å²) in [6, 6.07) is 0. The van der Waals surface area contributed by atoms with E-state index < -0.39 is 14.1 Å². The van der Waals surface area contributed by atoms with Crippen LogP contribution in [0.3, 0.4) is 0 Å². The minimum absolute atomic E-state index is 0.726. The van der Waals surface area contributed by atoms with E-state index in [0.717, 1.165) is 0 Å². The number of hydrogen-bond acceptors (Lipinski definition) is 3. The summed E-state index contributed by atoms with van der Waals surface area (Å²) in [6.07, 6.45) is 1.79. The fraction of sp³-hybridized carbons (Fsp3) is 1.00. The van der Waals surface area contributed by atoms with Crippen molar-refractivity contribution in [3.8, 4) is 0 Å². The Bertz CT molecular complexity index is 219. The van der Waals surface area contributed by atoms with Gasteiger partial charge in [-0.15, -0.1) is 11.8 Å². The molecule has 68 valence electrons. The van der Waals surface area contributed by atoms with Gasteiger partial charge in [-0.1, -0.05) is 0 Å². The van der Waals surface area contributed by atoms with Crippen LogP contribution in [0.1, 0.15) is 13.8 Å². The average Bonchev–Trinajstić information content (AvgIpc) is 1.87. The van der Waals surface area contributed by atoms with Crippen LogP contribution in [-0.4, -0.2) is 37.2 Å². The molecule has 0 unspecified atom stereocenters. The van der Waals surface area contributed by atoms with Crippen LogP contribution in [0.15, 0.2) is 0 Å². The predicted octanol–water partition coefficient (Wildman–Crippen LogP) is 0.977. The molecule has 3 nitrogen and oxygen atoms in total. The van der Waals surface area contributed by atoms with Gasteiger partial charge in [0.25, 0.3) is 0 Å². The van der Waals surface area contributed by atoms with Crippen molar-refractivity contribution in [1.29, 1.82) is 0 Å². The second-order valence-electron chi connectivity index (χ2n) is 2.89. The van der Waals surface area contributed by atoms with Crippen LogP contribution in [0.25, 0.3) is 0 Å². The van der Waals surface area contributed by atoms with Gasteiger partial charge in [-0.3, -0.25) is 0 Å². The number of sulfonamides is 1. The zero-order valence-electron chi connectivity index (χ0n) is 7.58. The minimum atomic E-state index is -3.13. The molecule has 0 N–H and O–H groups in total. The highest BCUT2D eigenvalue weighted by Gasteiger charge is 2.34. The number of thioether (sulfide) groups is 1. The maximum Gasteiger partial charge on any atom is 0.228 e. The molecule has 0 heterocycles. The molecule has 0 bridgehead atoms. The summed E-state index contributed by atoms with van der Waals surface area (Å²) in [5.41, 5.74) is 0. The summed E-state index contributed by atoms with van der Waals surface area (Å²) in [4.78, 5) is 0. The van der Waals surface area contributed by atoms with Gasteiger partial charge in [0, 0.05) is 14.1 Å². The highest BCUT2D eigenvalue weighted by atomic mass is 32.3. The smallest absolute Gasteiger partial charge is 0.211 e. The first kappa shape index (κ1) is 11.3. The Morgan fingerprint density at radius 3 is 1.73 bits per heavy atom. The first-order valence-corrected chi connectivity index (χ1v) is 5.89. The Morgan fingerprint density at radius 2 is 1.64 bits per heavy atom. The van der Waals surface area contributed by atoms with Crippen molar-refractivity contribution in [3.63, 3.8) is 0 Å². The van der Waals surface area contributed by atoms with Gasteiger partial charge in [0.05, 0.1) is 0 Å². The van der Waals surface area contributed by atoms with E-state index in [0.29, 0.717) is 0 Å². The van der Waals surface area contributed by atoms with Crippen molar-refractivity contribution in [1.82, 2.24) is 4.31 Å². The maximum atomic E-state index is 11.5. The second kappa shape index (κ2) is 3.33. The molecule has 0 aliphatic rings. The molecular formula is C6H15NO2S2. The molecule has 0 atom stereocenters. The normalized spacial score (nSPS) is 14.0. The highest BCUT2D eigenvalue weighted by Crippen LogP contribution is 2.29. The number of nitrogens with zero attached hydrogens (tertiary/aromatic N) is 1. The van der Waals surface area contributed by atoms with Gasteiger partial charge in [0.15, 0.2) is 0 Å². The van der Waals surface area contributed by atoms with Crippen LogP contribution in [0.4, 0.5) is 0 Å². The molecule has 0 fully saturated rings. The number of hydrogen-bond donors (Lipinski definition) is 0. The molecule has 0 aromatic heterocycles. The number of rotatable bonds is 3. The molecule has 0 aromatic carbocycles. The maximum absolute atomic E-state index is 11.5. The summed E-state index contributed by atoms with van der Waals surface area (Å²) < 4.78 is 23.5. The topological polar surface area (TPSA) is 37.4 Å². The molecule has 0 spiro atoms. The van der Waals surface area contributed by atoms with Gasteiger partial charge in [0.1, 0.15) is 4.08 Å². The predicted molar refractivity (Wildman–Crippen MR) is 50.2 cm³/mol. The lowest BCUT2D eigenvalue weighted by Gasteiger charge is -2.25. The molecule has 0 saturated carbocycles. The molecule has 5 heteroatoms. The molecule has 0 amide bonds. The molecule has 0 aromatic rings. The van der Waals surface area contributed by atoms with E-state index in [-0.39, 0.29) is 0 Å². The molecule has 0 aliphatic heterocycles. The van der Waals surface area contributed by atoms with Crippen molar-refractivity contribution < 1.29 is 8.42 Å². The van der Waals surface area contributed by atoms with Crippen LogP contribution in [-0.2, 0) is 10.0 Å². The van der Waals surface area contributed by atoms with Crippen molar-refractivity contribution in [2.45, 2.75) is 17.9 Å². The lowest BCUT2D eigenvalue weighted by atomic mass is 10.5. The first-order valence-electron chi connectivity index (χ1n) is 3.23. The summed E-state index contributed by atoms with van der Waals surface area (Å²) in [5, 5.41) is 0. The van der Waals surface area contributed by atoms with Gasteiger partial charge in [-0.25, -0.2) is 12.7 Å². The van der Waals surface area contributed by atoms with E-state index in [1.54, 1.807) is 34.2 Å². The Hall–Kier alpha value is 0.260. The van der Waals surface area contributed by atoms with E-state index in [2.05, 4.69) is 0 Å². The van der Waals surface area contributed by atoms with E-state index in [1.807, 2.05) is 0 Å². The quantitative estimate of drug-likeness (QED) is 0.677. The lowest BCUT2D eigenvalue weighted by Crippen LogP contribution is -2.38. The molecule has 0 rings (SSSR count). The third-order valence-corrected chi connectivity index (χ3v) is 5.91. The van der Waals surface area contributed by atoms with Crippen molar-refractivity contribution in [2.75, 3.05) is 20.4 Å². The molecule has 0 saturated heterocycles. The SMILES string of the molecule is CSC(C)(C)S(=O)(=O)N(C)C. The monoisotopic (exact) mass is 197 g/mol. The standard InChI is InChI=1S/C6H15NO2S2/c1-6(2,10-5)11(8,9)7(3)4/h1-5H3. The van der Waals surface area contributed by atoms with Gasteiger partial charge in [-0.2, -0.15) is 0 Å². The van der Waals surface area contributed by atoms with Crippen molar-refractivity contribution in [3.05, 3.63) is 0 Å². The Labute approximate surface area is 73.2 Å². The first-order chi connectivity index (χ1) is 4.75. The molecule has 0 aliphatic carbocycles. The van der Waals surface area contributed by atoms with Crippen LogP contribution < -0.4 is 0 Å². The van der Waals surface area contributed by atoms with Crippen LogP contribution >= 0.6 is 11.8 Å². The average molecular weight is 197 g/mol. The third kappa shape index (κ3) is 2.10. The van der Waals surface area contributed by atoms with E-state index in [4.69, 9.17) is 0 Å². The molecular weight excluding hydrogens is 182 g/mol. The fourth-order valence-electron chi connectivity index (χ4n) is 0.545. The molecule has 11 heavy (non-hydrogen) atoms. The van der Waals surface area contributed by atoms with Crippen LogP contribution in [0.2, 0.25) is 0 Å². The lowest BCUT2D eigenvalue weighted by molar-refractivity contribution is 0.506. The highest BCUT2D eigenvalue weighted by molar-refractivity contribution is 8.13. The van der Waals surface area contributed by atoms with Crippen molar-refractivity contribution in [2.24, 2.45) is 0 Å². The largest absolute Gasteiger partial charge is 0.228 e. The van der Waals surface area contributed by atoms with E-state index in [1.165, 1.54) is 16.1 Å². The van der Waals surface area contributed by atoms with E-state index >= 15 is 0 Å². The summed E-state index contributed by atoms with van der Waals surface area (Å²) in [5.74, 6) is 0. The second-order valence-corrected chi connectivity index (χ2v) is 7.28. The summed E-state index contributed by atoms with van der Waals surface area (Å²) in [7, 11) is -0.0324. The molecule has 0 radical (unpaired) electrons. The zero-order chi connectivity index (χ0) is 9.28. The zero-order valence-corrected chi connectivity index (χ0v) is 9.21. The van der Waals surface area contributed by atoms with Gasteiger partial charge < -0.3 is 0 Å². The van der Waals surface area contributed by atoms with Gasteiger partial charge in [0.2, 0.25) is 10.0 Å². The van der Waals surface area contributed by atoms with Crippen molar-refractivity contribution >= 4 is 21.8 Å². The van der Waals surface area contributed by atoms with E-state index in [9.17, 15) is 8.42 Å². The Morgan fingerprint density at radius 1 is 1.27 bits per heavy atom. The third-order valence-electron chi connectivity index (χ3n) is 1.59. The fourth-order valence-corrected chi connectivity index (χ4v) is 2.71. The Kier molecular flexibility index (Phi) is 3.41. The van der Waals surface area contributed by atoms with Crippen LogP contribution in [0.5, 0.6) is 0 Å². The summed E-state index contributed by atoms with van der Waals surface area (Å²) >= 11 is 1.33. The van der Waals surface area contributed by atoms with Gasteiger partial charge in [-0.05, 0) is 20.1 Å². The Balaban J connectivity index is 4.85. The summed E-state index contributed by atoms with van der Waals surface area (Å²) in [6.45, 7) is 3.40.